The number of halogens is 6. The summed E-state index contributed by atoms with van der Waals surface area (Å²) < 4.78 is 158. The molecule has 0 aliphatic carbocycles. The van der Waals surface area contributed by atoms with E-state index >= 15 is 0 Å². The standard InChI is InChI=1S/C15H19F6NO8S3/c1-4-10(2)11-5-7-12(8-6-11)29-9-30-33(27,28)15(20,21)13(16,17)14(18,19)32(25,26)22-31(3,23)24/h5-8,10,22H,4,9H2,1-3H3. The Morgan fingerprint density at radius 3 is 1.82 bits per heavy atom. The first-order chi connectivity index (χ1) is 14.6. The molecule has 1 N–H and O–H groups in total. The van der Waals surface area contributed by atoms with Crippen LogP contribution in [0.25, 0.3) is 0 Å². The summed E-state index contributed by atoms with van der Waals surface area (Å²) in [6.07, 6.45) is 0.717. The third-order valence-electron chi connectivity index (χ3n) is 4.13. The van der Waals surface area contributed by atoms with Crippen molar-refractivity contribution in [2.45, 2.75) is 42.6 Å². The van der Waals surface area contributed by atoms with Crippen LogP contribution in [0.5, 0.6) is 5.75 Å². The molecule has 0 bridgehead atoms. The highest BCUT2D eigenvalue weighted by Gasteiger charge is 2.82. The highest BCUT2D eigenvalue weighted by molar-refractivity contribution is 8.04. The van der Waals surface area contributed by atoms with Gasteiger partial charge in [0, 0.05) is 0 Å². The Kier molecular flexibility index (Phi) is 8.51. The van der Waals surface area contributed by atoms with Crippen molar-refractivity contribution in [3.63, 3.8) is 0 Å². The summed E-state index contributed by atoms with van der Waals surface area (Å²) in [4.78, 5) is 0. The average molecular weight is 552 g/mol. The van der Waals surface area contributed by atoms with Crippen molar-refractivity contribution in [3.8, 4) is 5.75 Å². The molecule has 18 heteroatoms. The monoisotopic (exact) mass is 551 g/mol. The Hall–Kier alpha value is -1.63. The number of ether oxygens (including phenoxy) is 1. The highest BCUT2D eigenvalue weighted by atomic mass is 32.3. The van der Waals surface area contributed by atoms with Gasteiger partial charge in [-0.15, -0.1) is 4.13 Å². The molecule has 192 valence electrons. The number of nitrogens with one attached hydrogen (secondary N) is 1. The van der Waals surface area contributed by atoms with Gasteiger partial charge in [-0.25, -0.2) is 21.0 Å². The molecule has 0 aromatic heterocycles. The topological polar surface area (TPSA) is 133 Å². The molecule has 1 atom stereocenters. The van der Waals surface area contributed by atoms with E-state index in [4.69, 9.17) is 0 Å². The molecule has 1 unspecified atom stereocenters. The normalized spacial score (nSPS) is 15.3. The molecule has 0 spiro atoms. The average Bonchev–Trinajstić information content (AvgIpc) is 2.65. The van der Waals surface area contributed by atoms with Crippen molar-refractivity contribution in [2.75, 3.05) is 13.0 Å². The predicted octanol–water partition coefficient (Wildman–Crippen LogP) is 2.58. The van der Waals surface area contributed by atoms with E-state index < -0.39 is 53.4 Å². The molecule has 1 rings (SSSR count). The van der Waals surface area contributed by atoms with Gasteiger partial charge in [0.05, 0.1) is 6.26 Å². The van der Waals surface area contributed by atoms with Crippen molar-refractivity contribution in [1.82, 2.24) is 4.13 Å². The lowest BCUT2D eigenvalue weighted by atomic mass is 9.99. The Labute approximate surface area is 186 Å². The Morgan fingerprint density at radius 2 is 1.39 bits per heavy atom. The third kappa shape index (κ3) is 6.09. The van der Waals surface area contributed by atoms with Crippen molar-refractivity contribution in [2.24, 2.45) is 0 Å². The van der Waals surface area contributed by atoms with Crippen LogP contribution in [0.3, 0.4) is 0 Å². The molecule has 0 aliphatic rings. The summed E-state index contributed by atoms with van der Waals surface area (Å²) in [5, 5.41) is -13.7. The number of benzene rings is 1. The van der Waals surface area contributed by atoms with Gasteiger partial charge >= 0.3 is 26.5 Å². The summed E-state index contributed by atoms with van der Waals surface area (Å²) in [7, 11) is -19.1. The number of rotatable bonds is 12. The van der Waals surface area contributed by atoms with Gasteiger partial charge in [0.1, 0.15) is 5.75 Å². The lowest BCUT2D eigenvalue weighted by Crippen LogP contribution is -2.63. The van der Waals surface area contributed by atoms with Gasteiger partial charge in [0.15, 0.2) is 0 Å². The molecular weight excluding hydrogens is 532 g/mol. The molecule has 33 heavy (non-hydrogen) atoms. The third-order valence-corrected chi connectivity index (χ3v) is 8.44. The maximum atomic E-state index is 13.9. The fourth-order valence-corrected chi connectivity index (χ4v) is 5.41. The van der Waals surface area contributed by atoms with Crippen LogP contribution in [-0.4, -0.2) is 54.7 Å². The predicted molar refractivity (Wildman–Crippen MR) is 102 cm³/mol. The first-order valence-corrected chi connectivity index (χ1v) is 13.4. The largest absolute Gasteiger partial charge is 0.466 e. The second-order valence-electron chi connectivity index (χ2n) is 6.68. The van der Waals surface area contributed by atoms with Gasteiger partial charge in [-0.2, -0.15) is 34.8 Å². The zero-order valence-corrected chi connectivity index (χ0v) is 19.5. The maximum absolute atomic E-state index is 13.9. The molecule has 0 heterocycles. The van der Waals surface area contributed by atoms with Crippen LogP contribution in [0.2, 0.25) is 0 Å². The lowest BCUT2D eigenvalue weighted by molar-refractivity contribution is -0.246. The SMILES string of the molecule is CCC(C)c1ccc(OCOS(=O)(=O)C(F)(F)C(F)(F)C(F)(F)S(=O)(=O)NS(C)(=O)=O)cc1. The fourth-order valence-electron chi connectivity index (χ4n) is 2.10. The van der Waals surface area contributed by atoms with Gasteiger partial charge in [0.2, 0.25) is 16.8 Å². The van der Waals surface area contributed by atoms with Crippen molar-refractivity contribution < 1.29 is 60.5 Å². The quantitative estimate of drug-likeness (QED) is 0.238. The zero-order valence-electron chi connectivity index (χ0n) is 17.1. The summed E-state index contributed by atoms with van der Waals surface area (Å²) in [5.41, 5.74) is 0.829. The second kappa shape index (κ2) is 9.55. The van der Waals surface area contributed by atoms with Gasteiger partial charge in [-0.1, -0.05) is 26.0 Å². The minimum absolute atomic E-state index is 0.0520. The lowest BCUT2D eigenvalue weighted by Gasteiger charge is -2.30. The van der Waals surface area contributed by atoms with Crippen molar-refractivity contribution in [1.29, 1.82) is 0 Å². The van der Waals surface area contributed by atoms with Crippen molar-refractivity contribution in [3.05, 3.63) is 29.8 Å². The summed E-state index contributed by atoms with van der Waals surface area (Å²) in [6.45, 7) is 2.13. The van der Waals surface area contributed by atoms with E-state index in [0.29, 0.717) is 0 Å². The molecule has 0 saturated heterocycles. The number of sulfonamides is 2. The summed E-state index contributed by atoms with van der Waals surface area (Å²) >= 11 is 0. The van der Waals surface area contributed by atoms with Gasteiger partial charge < -0.3 is 4.74 Å². The van der Waals surface area contributed by atoms with Gasteiger partial charge in [-0.05, 0) is 30.0 Å². The number of hydrogen-bond donors (Lipinski definition) is 1. The van der Waals surface area contributed by atoms with Crippen LogP contribution < -0.4 is 8.86 Å². The molecule has 0 amide bonds. The molecular formula is C15H19F6NO8S3. The minimum atomic E-state index is -7.17. The zero-order chi connectivity index (χ0) is 26.1. The molecule has 0 radical (unpaired) electrons. The Morgan fingerprint density at radius 1 is 0.909 bits per heavy atom. The maximum Gasteiger partial charge on any atom is 0.439 e. The second-order valence-corrected chi connectivity index (χ2v) is 12.1. The Balaban J connectivity index is 3.09. The van der Waals surface area contributed by atoms with Crippen LogP contribution >= 0.6 is 0 Å². The van der Waals surface area contributed by atoms with Gasteiger partial charge in [-0.3, -0.25) is 0 Å². The number of hydrogen-bond acceptors (Lipinski definition) is 8. The molecule has 9 nitrogen and oxygen atoms in total. The molecule has 1 aromatic carbocycles. The van der Waals surface area contributed by atoms with Crippen LogP contribution in [0, 0.1) is 0 Å². The molecule has 0 saturated carbocycles. The van der Waals surface area contributed by atoms with E-state index in [2.05, 4.69) is 8.92 Å². The van der Waals surface area contributed by atoms with E-state index in [1.807, 2.05) is 13.8 Å². The highest BCUT2D eigenvalue weighted by Crippen LogP contribution is 2.51. The van der Waals surface area contributed by atoms with E-state index in [0.717, 1.165) is 12.0 Å². The van der Waals surface area contributed by atoms with Crippen molar-refractivity contribution >= 4 is 30.2 Å². The molecule has 0 aliphatic heterocycles. The van der Waals surface area contributed by atoms with E-state index in [9.17, 15) is 51.6 Å². The minimum Gasteiger partial charge on any atom is -0.466 e. The summed E-state index contributed by atoms with van der Waals surface area (Å²) in [6, 6.07) is 5.59. The van der Waals surface area contributed by atoms with E-state index in [-0.39, 0.29) is 22.1 Å². The molecule has 0 fully saturated rings. The van der Waals surface area contributed by atoms with Crippen LogP contribution in [-0.2, 0) is 34.3 Å². The summed E-state index contributed by atoms with van der Waals surface area (Å²) in [5.74, 6) is -7.20. The van der Waals surface area contributed by atoms with E-state index in [1.54, 1.807) is 0 Å². The van der Waals surface area contributed by atoms with Crippen LogP contribution in [0.4, 0.5) is 26.3 Å². The Bertz CT molecular complexity index is 1150. The first kappa shape index (κ1) is 29.4. The van der Waals surface area contributed by atoms with E-state index in [1.165, 1.54) is 24.3 Å². The first-order valence-electron chi connectivity index (χ1n) is 8.61. The molecule has 1 aromatic rings. The van der Waals surface area contributed by atoms with Crippen LogP contribution in [0.1, 0.15) is 31.7 Å². The number of alkyl halides is 6. The van der Waals surface area contributed by atoms with Gasteiger partial charge in [0.25, 0.3) is 10.0 Å². The smallest absolute Gasteiger partial charge is 0.439 e. The van der Waals surface area contributed by atoms with Crippen LogP contribution in [0.15, 0.2) is 24.3 Å². The fraction of sp³-hybridized carbons (Fsp3) is 0.600.